The zero-order chi connectivity index (χ0) is 14.5. The van der Waals surface area contributed by atoms with Gasteiger partial charge in [-0.2, -0.15) is 5.10 Å². The van der Waals surface area contributed by atoms with E-state index in [0.717, 1.165) is 31.5 Å². The van der Waals surface area contributed by atoms with Crippen molar-refractivity contribution in [1.82, 2.24) is 25.0 Å². The van der Waals surface area contributed by atoms with Gasteiger partial charge in [0, 0.05) is 26.2 Å². The Morgan fingerprint density at radius 3 is 2.70 bits per heavy atom. The Kier molecular flexibility index (Phi) is 5.11. The number of carbonyl (C=O) groups excluding carboxylic acids is 1. The van der Waals surface area contributed by atoms with Crippen LogP contribution in [0.4, 0.5) is 0 Å². The highest BCUT2D eigenvalue weighted by Crippen LogP contribution is 2.20. The molecule has 0 aliphatic carbocycles. The van der Waals surface area contributed by atoms with Crippen LogP contribution in [0.1, 0.15) is 33.2 Å². The van der Waals surface area contributed by atoms with Gasteiger partial charge in [0.1, 0.15) is 18.7 Å². The van der Waals surface area contributed by atoms with E-state index >= 15 is 0 Å². The molecule has 0 bridgehead atoms. The maximum Gasteiger partial charge on any atom is 0.244 e. The van der Waals surface area contributed by atoms with Gasteiger partial charge in [-0.25, -0.2) is 9.67 Å². The molecule has 0 unspecified atom stereocenters. The molecule has 6 heteroatoms. The van der Waals surface area contributed by atoms with E-state index < -0.39 is 0 Å². The Labute approximate surface area is 120 Å². The van der Waals surface area contributed by atoms with Gasteiger partial charge in [-0.1, -0.05) is 13.8 Å². The third-order valence-corrected chi connectivity index (χ3v) is 3.88. The fraction of sp³-hybridized carbons (Fsp3) is 0.786. The lowest BCUT2D eigenvalue weighted by Gasteiger charge is -2.34. The van der Waals surface area contributed by atoms with Crippen LogP contribution in [0.3, 0.4) is 0 Å². The van der Waals surface area contributed by atoms with Gasteiger partial charge in [0.05, 0.1) is 0 Å². The number of hydrogen-bond acceptors (Lipinski definition) is 4. The van der Waals surface area contributed by atoms with Crippen LogP contribution in [0.2, 0.25) is 0 Å². The maximum atomic E-state index is 12.0. The average Bonchev–Trinajstić information content (AvgIpc) is 2.90. The van der Waals surface area contributed by atoms with Crippen molar-refractivity contribution in [3.05, 3.63) is 12.7 Å². The van der Waals surface area contributed by atoms with E-state index in [4.69, 9.17) is 0 Å². The minimum absolute atomic E-state index is 0.00592. The maximum absolute atomic E-state index is 12.0. The molecule has 1 aliphatic rings. The molecule has 20 heavy (non-hydrogen) atoms. The van der Waals surface area contributed by atoms with Crippen LogP contribution in [0.25, 0.3) is 0 Å². The van der Waals surface area contributed by atoms with Gasteiger partial charge in [0.25, 0.3) is 0 Å². The van der Waals surface area contributed by atoms with Gasteiger partial charge in [-0.15, -0.1) is 0 Å². The second-order valence-electron chi connectivity index (χ2n) is 6.05. The minimum Gasteiger partial charge on any atom is -0.353 e. The fourth-order valence-corrected chi connectivity index (χ4v) is 3.00. The van der Waals surface area contributed by atoms with Gasteiger partial charge < -0.3 is 10.2 Å². The van der Waals surface area contributed by atoms with Crippen molar-refractivity contribution in [2.75, 3.05) is 26.2 Å². The van der Waals surface area contributed by atoms with Crippen molar-refractivity contribution < 1.29 is 4.79 Å². The topological polar surface area (TPSA) is 63.1 Å². The van der Waals surface area contributed by atoms with E-state index in [-0.39, 0.29) is 11.9 Å². The number of hydrogen-bond donors (Lipinski definition) is 1. The molecule has 1 aliphatic heterocycles. The Hall–Kier alpha value is -1.43. The Morgan fingerprint density at radius 1 is 1.40 bits per heavy atom. The number of piperidine rings is 1. The summed E-state index contributed by atoms with van der Waals surface area (Å²) in [5, 5.41) is 6.97. The first-order valence-electron chi connectivity index (χ1n) is 7.40. The molecule has 2 heterocycles. The molecular formula is C14H25N5O. The summed E-state index contributed by atoms with van der Waals surface area (Å²) in [6.07, 6.45) is 4.32. The summed E-state index contributed by atoms with van der Waals surface area (Å²) in [5.41, 5.74) is 0. The van der Waals surface area contributed by atoms with Gasteiger partial charge >= 0.3 is 0 Å². The van der Waals surface area contributed by atoms with Crippen molar-refractivity contribution in [3.8, 4) is 0 Å². The third-order valence-electron chi connectivity index (χ3n) is 3.88. The molecule has 0 aromatic carbocycles. The molecule has 0 spiro atoms. The predicted octanol–water partition coefficient (Wildman–Crippen LogP) is 0.933. The Bertz CT molecular complexity index is 409. The molecule has 3 atom stereocenters. The minimum atomic E-state index is -0.309. The van der Waals surface area contributed by atoms with Crippen molar-refractivity contribution in [2.45, 2.75) is 33.2 Å². The smallest absolute Gasteiger partial charge is 0.244 e. The lowest BCUT2D eigenvalue weighted by atomic mass is 9.92. The highest BCUT2D eigenvalue weighted by atomic mass is 16.2. The standard InChI is InChI=1S/C14H25N5O/c1-11-6-12(2)8-18(7-11)5-4-16-14(20)13(3)19-10-15-9-17-19/h9-13H,4-8H2,1-3H3,(H,16,20)/t11-,12-,13-/m1/s1. The first-order valence-corrected chi connectivity index (χ1v) is 7.40. The Morgan fingerprint density at radius 2 is 2.10 bits per heavy atom. The van der Waals surface area contributed by atoms with E-state index in [1.54, 1.807) is 11.0 Å². The zero-order valence-corrected chi connectivity index (χ0v) is 12.6. The molecule has 0 saturated carbocycles. The molecule has 1 saturated heterocycles. The van der Waals surface area contributed by atoms with E-state index in [0.29, 0.717) is 6.54 Å². The first kappa shape index (κ1) is 15.0. The van der Waals surface area contributed by atoms with E-state index in [1.807, 2.05) is 6.92 Å². The molecule has 2 rings (SSSR count). The number of aromatic nitrogens is 3. The highest BCUT2D eigenvalue weighted by Gasteiger charge is 2.21. The second kappa shape index (κ2) is 6.83. The van der Waals surface area contributed by atoms with Gasteiger partial charge in [0.2, 0.25) is 5.91 Å². The molecule has 1 aromatic rings. The number of nitrogens with zero attached hydrogens (tertiary/aromatic N) is 4. The van der Waals surface area contributed by atoms with Crippen LogP contribution in [0.15, 0.2) is 12.7 Å². The van der Waals surface area contributed by atoms with Gasteiger partial charge in [0.15, 0.2) is 0 Å². The monoisotopic (exact) mass is 279 g/mol. The van der Waals surface area contributed by atoms with Crippen molar-refractivity contribution in [3.63, 3.8) is 0 Å². The summed E-state index contributed by atoms with van der Waals surface area (Å²) < 4.78 is 1.57. The number of rotatable bonds is 5. The molecule has 6 nitrogen and oxygen atoms in total. The van der Waals surface area contributed by atoms with E-state index in [2.05, 4.69) is 34.1 Å². The summed E-state index contributed by atoms with van der Waals surface area (Å²) in [4.78, 5) is 18.3. The second-order valence-corrected chi connectivity index (χ2v) is 6.05. The quantitative estimate of drug-likeness (QED) is 0.871. The van der Waals surface area contributed by atoms with Crippen LogP contribution in [-0.4, -0.2) is 51.8 Å². The first-order chi connectivity index (χ1) is 9.56. The lowest BCUT2D eigenvalue weighted by molar-refractivity contribution is -0.124. The van der Waals surface area contributed by atoms with Crippen LogP contribution in [0, 0.1) is 11.8 Å². The molecule has 0 radical (unpaired) electrons. The Balaban J connectivity index is 1.71. The number of carbonyl (C=O) groups is 1. The molecular weight excluding hydrogens is 254 g/mol. The van der Waals surface area contributed by atoms with Crippen molar-refractivity contribution >= 4 is 5.91 Å². The average molecular weight is 279 g/mol. The SMILES string of the molecule is C[C@@H]1C[C@@H](C)CN(CCNC(=O)[C@@H](C)n2cncn2)C1. The summed E-state index contributed by atoms with van der Waals surface area (Å²) in [6.45, 7) is 10.3. The summed E-state index contributed by atoms with van der Waals surface area (Å²) in [7, 11) is 0. The van der Waals surface area contributed by atoms with Crippen LogP contribution in [0.5, 0.6) is 0 Å². The summed E-state index contributed by atoms with van der Waals surface area (Å²) in [6, 6.07) is -0.309. The van der Waals surface area contributed by atoms with Gasteiger partial charge in [-0.3, -0.25) is 4.79 Å². The lowest BCUT2D eigenvalue weighted by Crippen LogP contribution is -2.43. The molecule has 1 N–H and O–H groups in total. The van der Waals surface area contributed by atoms with Crippen LogP contribution >= 0.6 is 0 Å². The zero-order valence-electron chi connectivity index (χ0n) is 12.6. The molecule has 112 valence electrons. The largest absolute Gasteiger partial charge is 0.353 e. The number of amides is 1. The number of likely N-dealkylation sites (tertiary alicyclic amines) is 1. The predicted molar refractivity (Wildman–Crippen MR) is 77.1 cm³/mol. The van der Waals surface area contributed by atoms with E-state index in [1.165, 1.54) is 12.7 Å². The molecule has 1 fully saturated rings. The normalized spacial score (nSPS) is 25.4. The number of nitrogens with one attached hydrogen (secondary N) is 1. The highest BCUT2D eigenvalue weighted by molar-refractivity contribution is 5.79. The molecule has 1 aromatic heterocycles. The third kappa shape index (κ3) is 4.03. The fourth-order valence-electron chi connectivity index (χ4n) is 3.00. The van der Waals surface area contributed by atoms with Gasteiger partial charge in [-0.05, 0) is 25.2 Å². The van der Waals surface area contributed by atoms with Crippen molar-refractivity contribution in [2.24, 2.45) is 11.8 Å². The molecule has 1 amide bonds. The summed E-state index contributed by atoms with van der Waals surface area (Å²) in [5.74, 6) is 1.50. The van der Waals surface area contributed by atoms with Crippen molar-refractivity contribution in [1.29, 1.82) is 0 Å². The van der Waals surface area contributed by atoms with E-state index in [9.17, 15) is 4.79 Å². The summed E-state index contributed by atoms with van der Waals surface area (Å²) >= 11 is 0. The van der Waals surface area contributed by atoms with Crippen LogP contribution < -0.4 is 5.32 Å². The van der Waals surface area contributed by atoms with Crippen LogP contribution in [-0.2, 0) is 4.79 Å².